The maximum atomic E-state index is 8.15. The summed E-state index contributed by atoms with van der Waals surface area (Å²) in [4.78, 5) is 5.02. The van der Waals surface area contributed by atoms with Crippen molar-refractivity contribution >= 4 is 212 Å². The fourth-order valence-electron chi connectivity index (χ4n) is 19.9. The lowest BCUT2D eigenvalue weighted by Gasteiger charge is -2.09. The molecule has 0 saturated carbocycles. The molecule has 11 heterocycles. The molecule has 131 heavy (non-hydrogen) atoms. The number of para-hydroxylation sites is 1. The first-order valence-corrected chi connectivity index (χ1v) is 48.5. The standard InChI is InChI=1S/2C25H22NS.2C24H20NS.C22H17N2S/c2*1-15-9-10-20(16(2)11-15)24-23-21-12-18-7-5-6-8-19(18)13-22(21)27-25(23)17(3)14-26(24)4;1-15-8-4-7-11-19(15)23-22-20-12-17-9-5-6-10-18(17)13-21(20)26-24(22)16(2)14-25(23)3;1-15-8-9-19(16(2)12-15)24-23-20-13-17-6-4-5-7-18(17)14-22(20)26-21(23)10-11-25(24)3;1-14-7-3-5-9-16(14)22-20-18(11-12-24(22)2)25-19-13-15-8-4-6-10-17(15)23-21(19)20/h2*5-14H,1-4H3;2*4-14H,1-3H3;3-13H,1-2H3/q5*+1/i1D3,3D3;;;;. The van der Waals surface area contributed by atoms with Crippen LogP contribution in [0.4, 0.5) is 0 Å². The van der Waals surface area contributed by atoms with Gasteiger partial charge in [0.05, 0.1) is 56.8 Å². The monoisotopic (exact) mass is 1790 g/mol. The molecule has 0 spiro atoms. The van der Waals surface area contributed by atoms with Crippen molar-refractivity contribution in [1.29, 1.82) is 0 Å². The molecule has 0 atom stereocenters. The first kappa shape index (κ1) is 77.3. The van der Waals surface area contributed by atoms with Crippen LogP contribution >= 0.6 is 56.7 Å². The average molecular weight is 1790 g/mol. The fraction of sp³-hybridized carbons (Fsp3) is 0.133. The zero-order chi connectivity index (χ0) is 95.1. The minimum atomic E-state index is -2.25. The molecule has 0 aliphatic rings. The Labute approximate surface area is 792 Å². The van der Waals surface area contributed by atoms with Crippen LogP contribution in [0.2, 0.25) is 0 Å². The highest BCUT2D eigenvalue weighted by molar-refractivity contribution is 7.27. The molecule has 11 heteroatoms. The van der Waals surface area contributed by atoms with Crippen LogP contribution in [-0.4, -0.2) is 4.98 Å². The number of fused-ring (bicyclic) bond motifs is 20. The molecule has 0 saturated heterocycles. The number of thiophene rings is 5. The molecule has 0 radical (unpaired) electrons. The summed E-state index contributed by atoms with van der Waals surface area (Å²) in [6.07, 6.45) is 10.6. The van der Waals surface area contributed by atoms with Crippen LogP contribution < -0.4 is 22.8 Å². The quantitative estimate of drug-likeness (QED) is 0.158. The Balaban J connectivity index is 0.000000103. The second kappa shape index (κ2) is 34.0. The summed E-state index contributed by atoms with van der Waals surface area (Å²) in [5.41, 5.74) is 26.3. The molecule has 0 amide bonds. The number of aromatic nitrogens is 6. The highest BCUT2D eigenvalue weighted by atomic mass is 32.1. The summed E-state index contributed by atoms with van der Waals surface area (Å²) in [7, 11) is 10.5. The van der Waals surface area contributed by atoms with E-state index in [1.54, 1.807) is 18.3 Å². The molecule has 25 rings (SSSR count). The van der Waals surface area contributed by atoms with Gasteiger partial charge >= 0.3 is 0 Å². The van der Waals surface area contributed by atoms with Gasteiger partial charge in [-0.2, -0.15) is 0 Å². The number of pyridine rings is 6. The largest absolute Gasteiger partial charge is 0.246 e. The van der Waals surface area contributed by atoms with E-state index >= 15 is 0 Å². The van der Waals surface area contributed by atoms with Gasteiger partial charge in [0.2, 0.25) is 28.5 Å². The molecule has 0 aliphatic carbocycles. The minimum absolute atomic E-state index is 0.294. The zero-order valence-corrected chi connectivity index (χ0v) is 79.9. The Bertz CT molecular complexity index is 9290. The molecule has 0 fully saturated rings. The molecule has 636 valence electrons. The van der Waals surface area contributed by atoms with Gasteiger partial charge in [-0.3, -0.25) is 0 Å². The van der Waals surface area contributed by atoms with Gasteiger partial charge in [-0.1, -0.05) is 205 Å². The highest BCUT2D eigenvalue weighted by Gasteiger charge is 2.30. The Morgan fingerprint density at radius 2 is 0.534 bits per heavy atom. The van der Waals surface area contributed by atoms with Crippen LogP contribution in [0.3, 0.4) is 0 Å². The summed E-state index contributed by atoms with van der Waals surface area (Å²) in [5, 5.41) is 22.6. The second-order valence-corrected chi connectivity index (χ2v) is 40.6. The molecule has 6 nitrogen and oxygen atoms in total. The molecular formula is C120H101N6S5+5. The van der Waals surface area contributed by atoms with Gasteiger partial charge in [-0.05, 0) is 238 Å². The number of benzene rings is 14. The van der Waals surface area contributed by atoms with Gasteiger partial charge in [-0.15, -0.1) is 56.7 Å². The van der Waals surface area contributed by atoms with Gasteiger partial charge in [-0.25, -0.2) is 27.8 Å². The van der Waals surface area contributed by atoms with E-state index in [0.29, 0.717) is 11.1 Å². The molecule has 14 aromatic carbocycles. The average Bonchev–Trinajstić information content (AvgIpc) is 1.60. The summed E-state index contributed by atoms with van der Waals surface area (Å²) < 4.78 is 71.1. The SMILES string of the molecule is Cc1ccc(-c2c3c(cc[n+]2C)sc2cc4ccccc4cc23)c(C)c1.Cc1ccc(-c2c3c(sc4cc5ccccc5cc43)c(C)c[n+]2C)c(C)c1.Cc1ccccc1-c1c2c(cc[n+]1C)sc1cc3ccccc3nc12.Cc1ccccc1-c1c2c(sc3cc4ccccc4cc32)c(C)c[n+]1C.[2H]C([2H])([2H])c1ccc(-c2c3c(sc4cc5ccccc5cc43)c(C([2H])([2H])[2H])c[n+]2C)c(C)c1. The summed E-state index contributed by atoms with van der Waals surface area (Å²) in [6, 6.07) is 103. The second-order valence-electron chi connectivity index (χ2n) is 35.3. The first-order valence-electron chi connectivity index (χ1n) is 47.4. The van der Waals surface area contributed by atoms with Crippen molar-refractivity contribution in [2.24, 2.45) is 35.2 Å². The fourth-order valence-corrected chi connectivity index (χ4v) is 25.6. The van der Waals surface area contributed by atoms with Crippen LogP contribution in [0, 0.1) is 76.0 Å². The minimum Gasteiger partial charge on any atom is -0.246 e. The van der Waals surface area contributed by atoms with Crippen molar-refractivity contribution in [3.63, 3.8) is 0 Å². The Morgan fingerprint density at radius 1 is 0.229 bits per heavy atom. The van der Waals surface area contributed by atoms with Crippen molar-refractivity contribution in [2.75, 3.05) is 0 Å². The van der Waals surface area contributed by atoms with E-state index in [1.165, 1.54) is 214 Å². The van der Waals surface area contributed by atoms with Crippen molar-refractivity contribution in [2.45, 2.75) is 76.0 Å². The van der Waals surface area contributed by atoms with Crippen LogP contribution in [0.5, 0.6) is 0 Å². The van der Waals surface area contributed by atoms with Crippen molar-refractivity contribution in [3.8, 4) is 56.3 Å². The molecule has 25 aromatic rings. The normalized spacial score (nSPS) is 12.5. The predicted octanol–water partition coefficient (Wildman–Crippen LogP) is 31.3. The van der Waals surface area contributed by atoms with E-state index < -0.39 is 13.7 Å². The Kier molecular flexibility index (Phi) is 20.1. The van der Waals surface area contributed by atoms with Gasteiger partial charge in [0.25, 0.3) is 0 Å². The van der Waals surface area contributed by atoms with Crippen LogP contribution in [0.1, 0.15) is 69.4 Å². The summed E-state index contributed by atoms with van der Waals surface area (Å²) in [5.74, 6) is 0. The lowest BCUT2D eigenvalue weighted by Crippen LogP contribution is -2.31. The number of hydrogen-bond donors (Lipinski definition) is 0. The van der Waals surface area contributed by atoms with Crippen LogP contribution in [0.15, 0.2) is 322 Å². The van der Waals surface area contributed by atoms with Crippen molar-refractivity contribution in [1.82, 2.24) is 4.98 Å². The molecular weight excluding hydrogens is 1690 g/mol. The maximum absolute atomic E-state index is 8.15. The number of nitrogens with zero attached hydrogens (tertiary/aromatic N) is 6. The topological polar surface area (TPSA) is 32.3 Å². The van der Waals surface area contributed by atoms with E-state index in [1.807, 2.05) is 82.1 Å². The Hall–Kier alpha value is -13.6. The summed E-state index contributed by atoms with van der Waals surface area (Å²) in [6.45, 7) is 15.0. The van der Waals surface area contributed by atoms with E-state index in [4.69, 9.17) is 13.2 Å². The first-order chi connectivity index (χ1) is 65.9. The Morgan fingerprint density at radius 3 is 0.939 bits per heavy atom. The molecule has 11 aromatic heterocycles. The number of aryl methyl sites for hydroxylation is 16. The van der Waals surface area contributed by atoms with Gasteiger partial charge in [0.1, 0.15) is 35.2 Å². The number of hydrogen-bond acceptors (Lipinski definition) is 6. The predicted molar refractivity (Wildman–Crippen MR) is 567 cm³/mol. The van der Waals surface area contributed by atoms with Gasteiger partial charge in [0, 0.05) is 120 Å². The smallest absolute Gasteiger partial charge is 0.223 e. The lowest BCUT2D eigenvalue weighted by molar-refractivity contribution is -0.659. The van der Waals surface area contributed by atoms with Crippen molar-refractivity contribution in [3.05, 3.63) is 383 Å². The van der Waals surface area contributed by atoms with Gasteiger partial charge in [0.15, 0.2) is 31.0 Å². The highest BCUT2D eigenvalue weighted by Crippen LogP contribution is 2.48. The third-order valence-corrected chi connectivity index (χ3v) is 32.1. The van der Waals surface area contributed by atoms with Crippen LogP contribution in [0.25, 0.3) is 211 Å². The van der Waals surface area contributed by atoms with Crippen molar-refractivity contribution < 1.29 is 31.1 Å². The van der Waals surface area contributed by atoms with E-state index in [-0.39, 0.29) is 0 Å². The third-order valence-electron chi connectivity index (χ3n) is 26.1. The maximum Gasteiger partial charge on any atom is 0.223 e. The number of rotatable bonds is 5. The molecule has 0 bridgehead atoms. The molecule has 0 unspecified atom stereocenters. The third kappa shape index (κ3) is 15.2. The molecule has 0 aliphatic heterocycles. The lowest BCUT2D eigenvalue weighted by atomic mass is 9.97. The van der Waals surface area contributed by atoms with E-state index in [0.717, 1.165) is 58.8 Å². The zero-order valence-electron chi connectivity index (χ0n) is 81.8. The summed E-state index contributed by atoms with van der Waals surface area (Å²) >= 11 is 9.04. The van der Waals surface area contributed by atoms with Gasteiger partial charge < -0.3 is 0 Å². The van der Waals surface area contributed by atoms with Crippen LogP contribution in [-0.2, 0) is 35.2 Å². The van der Waals surface area contributed by atoms with E-state index in [9.17, 15) is 0 Å². The van der Waals surface area contributed by atoms with E-state index in [2.05, 4.69) is 387 Å². The molecule has 0 N–H and O–H groups in total.